The summed E-state index contributed by atoms with van der Waals surface area (Å²) in [5.74, 6) is -1.14. The van der Waals surface area contributed by atoms with Crippen molar-refractivity contribution in [2.24, 2.45) is 0 Å². The number of aliphatic carboxylic acids is 1. The lowest BCUT2D eigenvalue weighted by Crippen LogP contribution is -2.22. The summed E-state index contributed by atoms with van der Waals surface area (Å²) in [5.41, 5.74) is 2.23. The first-order chi connectivity index (χ1) is 15.0. The molecular weight excluding hydrogens is 394 g/mol. The van der Waals surface area contributed by atoms with E-state index in [-0.39, 0.29) is 18.2 Å². The molecule has 0 unspecified atom stereocenters. The average Bonchev–Trinajstić information content (AvgIpc) is 3.13. The smallest absolute Gasteiger partial charge is 0.307 e. The molecule has 0 aliphatic heterocycles. The number of hydrogen-bond donors (Lipinski definition) is 2. The number of amides is 1. The lowest BCUT2D eigenvalue weighted by atomic mass is 10.1. The molecule has 3 aromatic rings. The van der Waals surface area contributed by atoms with E-state index < -0.39 is 5.97 Å². The number of fused-ring (bicyclic) bond motifs is 1. The van der Waals surface area contributed by atoms with Crippen LogP contribution < -0.4 is 5.32 Å². The summed E-state index contributed by atoms with van der Waals surface area (Å²) in [7, 11) is 0. The maximum atomic E-state index is 12.7. The normalized spacial score (nSPS) is 11.1. The molecule has 7 heteroatoms. The van der Waals surface area contributed by atoms with Crippen LogP contribution in [0.5, 0.6) is 0 Å². The van der Waals surface area contributed by atoms with Gasteiger partial charge in [0.15, 0.2) is 0 Å². The zero-order chi connectivity index (χ0) is 22.1. The number of carbonyl (C=O) groups excluding carboxylic acids is 2. The Bertz CT molecular complexity index is 1090. The summed E-state index contributed by atoms with van der Waals surface area (Å²) in [5, 5.41) is 12.7. The Morgan fingerprint density at radius 3 is 2.68 bits per heavy atom. The number of carboxylic acids is 1. The van der Waals surface area contributed by atoms with Crippen molar-refractivity contribution in [1.82, 2.24) is 14.9 Å². The van der Waals surface area contributed by atoms with E-state index in [1.54, 1.807) is 29.2 Å². The molecule has 160 valence electrons. The molecule has 1 amide bonds. The highest BCUT2D eigenvalue weighted by molar-refractivity contribution is 5.96. The molecule has 2 heterocycles. The molecule has 7 nitrogen and oxygen atoms in total. The van der Waals surface area contributed by atoms with E-state index in [2.05, 4.69) is 10.3 Å². The summed E-state index contributed by atoms with van der Waals surface area (Å²) in [6.45, 7) is 0.541. The Hall–Kier alpha value is -3.74. The fourth-order valence-electron chi connectivity index (χ4n) is 3.38. The van der Waals surface area contributed by atoms with Crippen molar-refractivity contribution in [2.75, 3.05) is 6.54 Å². The quantitative estimate of drug-likeness (QED) is 0.385. The predicted molar refractivity (Wildman–Crippen MR) is 119 cm³/mol. The molecule has 1 aromatic carbocycles. The van der Waals surface area contributed by atoms with Gasteiger partial charge in [0.2, 0.25) is 11.8 Å². The number of carbonyl (C=O) groups is 3. The zero-order valence-electron chi connectivity index (χ0n) is 17.2. The van der Waals surface area contributed by atoms with Gasteiger partial charge >= 0.3 is 5.97 Å². The van der Waals surface area contributed by atoms with Crippen LogP contribution in [0.1, 0.15) is 41.6 Å². The Labute approximate surface area is 180 Å². The number of hydrogen-bond acceptors (Lipinski definition) is 4. The van der Waals surface area contributed by atoms with Crippen LogP contribution in [-0.2, 0) is 16.0 Å². The first-order valence-corrected chi connectivity index (χ1v) is 10.2. The molecular formula is C24H25N3O4. The Morgan fingerprint density at radius 2 is 1.90 bits per heavy atom. The summed E-state index contributed by atoms with van der Waals surface area (Å²) in [6.07, 6.45) is 10.7. The lowest BCUT2D eigenvalue weighted by molar-refractivity contribution is -0.136. The maximum absolute atomic E-state index is 12.7. The van der Waals surface area contributed by atoms with Crippen molar-refractivity contribution in [3.8, 4) is 0 Å². The van der Waals surface area contributed by atoms with Crippen LogP contribution in [0.15, 0.2) is 61.1 Å². The highest BCUT2D eigenvalue weighted by Gasteiger charge is 2.14. The van der Waals surface area contributed by atoms with Gasteiger partial charge in [0, 0.05) is 43.0 Å². The SMILES string of the molecule is O=C(O)Cc1cn(C(=O)CCCCCNC(=O)/C=C/c2cccnc2)c2ccccc12. The Balaban J connectivity index is 1.42. The highest BCUT2D eigenvalue weighted by Crippen LogP contribution is 2.22. The molecule has 2 aromatic heterocycles. The number of nitrogens with one attached hydrogen (secondary N) is 1. The van der Waals surface area contributed by atoms with Crippen molar-refractivity contribution in [1.29, 1.82) is 0 Å². The number of aromatic nitrogens is 2. The van der Waals surface area contributed by atoms with Crippen LogP contribution in [-0.4, -0.2) is 39.0 Å². The minimum absolute atomic E-state index is 0.0590. The second kappa shape index (κ2) is 10.9. The van der Waals surface area contributed by atoms with E-state index in [9.17, 15) is 14.4 Å². The fraction of sp³-hybridized carbons (Fsp3) is 0.250. The minimum Gasteiger partial charge on any atom is -0.481 e. The third-order valence-electron chi connectivity index (χ3n) is 4.88. The first kappa shape index (κ1) is 22.0. The maximum Gasteiger partial charge on any atom is 0.307 e. The summed E-state index contributed by atoms with van der Waals surface area (Å²) in [6, 6.07) is 11.0. The molecule has 0 saturated heterocycles. The topological polar surface area (TPSA) is 101 Å². The molecule has 2 N–H and O–H groups in total. The van der Waals surface area contributed by atoms with Crippen LogP contribution in [0.25, 0.3) is 17.0 Å². The third-order valence-corrected chi connectivity index (χ3v) is 4.88. The van der Waals surface area contributed by atoms with E-state index in [1.165, 1.54) is 6.08 Å². The number of pyridine rings is 1. The average molecular weight is 419 g/mol. The monoisotopic (exact) mass is 419 g/mol. The van der Waals surface area contributed by atoms with Gasteiger partial charge in [-0.3, -0.25) is 23.9 Å². The van der Waals surface area contributed by atoms with E-state index >= 15 is 0 Å². The second-order valence-corrected chi connectivity index (χ2v) is 7.23. The first-order valence-electron chi connectivity index (χ1n) is 10.2. The molecule has 31 heavy (non-hydrogen) atoms. The van der Waals surface area contributed by atoms with E-state index in [0.717, 1.165) is 29.3 Å². The van der Waals surface area contributed by atoms with Crippen LogP contribution in [0.3, 0.4) is 0 Å². The van der Waals surface area contributed by atoms with Gasteiger partial charge in [-0.05, 0) is 42.2 Å². The number of rotatable bonds is 10. The van der Waals surface area contributed by atoms with Crippen molar-refractivity contribution >= 4 is 34.8 Å². The molecule has 3 rings (SSSR count). The number of nitrogens with zero attached hydrogens (tertiary/aromatic N) is 2. The fourth-order valence-corrected chi connectivity index (χ4v) is 3.38. The molecule has 0 fully saturated rings. The third kappa shape index (κ3) is 6.37. The molecule has 0 aliphatic rings. The summed E-state index contributed by atoms with van der Waals surface area (Å²) in [4.78, 5) is 39.6. The van der Waals surface area contributed by atoms with Gasteiger partial charge in [-0.1, -0.05) is 30.7 Å². The van der Waals surface area contributed by atoms with Gasteiger partial charge < -0.3 is 10.4 Å². The molecule has 0 aliphatic carbocycles. The summed E-state index contributed by atoms with van der Waals surface area (Å²) < 4.78 is 1.55. The van der Waals surface area contributed by atoms with E-state index in [4.69, 9.17) is 5.11 Å². The van der Waals surface area contributed by atoms with Gasteiger partial charge in [0.1, 0.15) is 0 Å². The van der Waals surface area contributed by atoms with E-state index in [1.807, 2.05) is 36.4 Å². The van der Waals surface area contributed by atoms with Crippen molar-refractivity contribution in [3.63, 3.8) is 0 Å². The molecule has 0 spiro atoms. The second-order valence-electron chi connectivity index (χ2n) is 7.23. The van der Waals surface area contributed by atoms with Gasteiger partial charge in [-0.25, -0.2) is 0 Å². The van der Waals surface area contributed by atoms with Crippen LogP contribution >= 0.6 is 0 Å². The Kier molecular flexibility index (Phi) is 7.70. The van der Waals surface area contributed by atoms with Crippen molar-refractivity contribution in [3.05, 3.63) is 72.2 Å². The molecule has 0 bridgehead atoms. The van der Waals surface area contributed by atoms with Crippen LogP contribution in [0.4, 0.5) is 0 Å². The molecule has 0 atom stereocenters. The van der Waals surface area contributed by atoms with Crippen molar-refractivity contribution < 1.29 is 19.5 Å². The lowest BCUT2D eigenvalue weighted by Gasteiger charge is -2.05. The van der Waals surface area contributed by atoms with Crippen LogP contribution in [0.2, 0.25) is 0 Å². The predicted octanol–water partition coefficient (Wildman–Crippen LogP) is 3.69. The number of carboxylic acid groups (broad SMARTS) is 1. The number of benzene rings is 1. The van der Waals surface area contributed by atoms with Gasteiger partial charge in [0.05, 0.1) is 11.9 Å². The highest BCUT2D eigenvalue weighted by atomic mass is 16.4. The van der Waals surface area contributed by atoms with Gasteiger partial charge in [-0.2, -0.15) is 0 Å². The summed E-state index contributed by atoms with van der Waals surface area (Å²) >= 11 is 0. The number of para-hydroxylation sites is 1. The number of unbranched alkanes of at least 4 members (excludes halogenated alkanes) is 2. The Morgan fingerprint density at radius 1 is 1.06 bits per heavy atom. The van der Waals surface area contributed by atoms with Crippen LogP contribution in [0, 0.1) is 0 Å². The molecule has 0 saturated carbocycles. The van der Waals surface area contributed by atoms with Gasteiger partial charge in [-0.15, -0.1) is 0 Å². The zero-order valence-corrected chi connectivity index (χ0v) is 17.2. The minimum atomic E-state index is -0.923. The van der Waals surface area contributed by atoms with Crippen molar-refractivity contribution in [2.45, 2.75) is 32.1 Å². The van der Waals surface area contributed by atoms with E-state index in [0.29, 0.717) is 24.9 Å². The molecule has 0 radical (unpaired) electrons. The van der Waals surface area contributed by atoms with Gasteiger partial charge in [0.25, 0.3) is 0 Å². The largest absolute Gasteiger partial charge is 0.481 e. The standard InChI is InChI=1S/C24H25N3O4/c28-22(12-11-18-7-6-13-25-16-18)26-14-5-1-2-10-23(29)27-17-19(15-24(30)31)20-8-3-4-9-21(20)27/h3-4,6-9,11-13,16-17H,1-2,5,10,14-15H2,(H,26,28)(H,30,31)/b12-11+.